The van der Waals surface area contributed by atoms with Gasteiger partial charge in [-0.25, -0.2) is 9.98 Å². The molecule has 0 amide bonds. The van der Waals surface area contributed by atoms with Crippen molar-refractivity contribution in [2.45, 2.75) is 26.8 Å². The summed E-state index contributed by atoms with van der Waals surface area (Å²) in [6.07, 6.45) is 2.86. The number of guanidine groups is 1. The fourth-order valence-electron chi connectivity index (χ4n) is 1.57. The lowest BCUT2D eigenvalue weighted by Gasteiger charge is -2.10. The van der Waals surface area contributed by atoms with E-state index in [1.54, 1.807) is 13.3 Å². The standard InChI is InChI=1S/C15H26N4O2/c1-4-8-17-15(16-5-2)19-12-13-6-7-14(18-11-13)21-10-9-20-3/h6-7,11H,4-5,8-10,12H2,1-3H3,(H2,16,17,19). The van der Waals surface area contributed by atoms with E-state index in [0.29, 0.717) is 25.6 Å². The van der Waals surface area contributed by atoms with Gasteiger partial charge in [-0.05, 0) is 18.9 Å². The summed E-state index contributed by atoms with van der Waals surface area (Å²) >= 11 is 0. The van der Waals surface area contributed by atoms with Crippen molar-refractivity contribution in [1.29, 1.82) is 0 Å². The molecule has 21 heavy (non-hydrogen) atoms. The Kier molecular flexibility index (Phi) is 8.95. The van der Waals surface area contributed by atoms with Gasteiger partial charge in [0.15, 0.2) is 5.96 Å². The van der Waals surface area contributed by atoms with Gasteiger partial charge in [-0.1, -0.05) is 13.0 Å². The summed E-state index contributed by atoms with van der Waals surface area (Å²) in [7, 11) is 1.65. The van der Waals surface area contributed by atoms with E-state index in [2.05, 4.69) is 34.5 Å². The number of nitrogens with zero attached hydrogens (tertiary/aromatic N) is 2. The zero-order valence-electron chi connectivity index (χ0n) is 13.2. The third kappa shape index (κ3) is 7.51. The number of ether oxygens (including phenoxy) is 2. The highest BCUT2D eigenvalue weighted by Gasteiger charge is 1.99. The predicted molar refractivity (Wildman–Crippen MR) is 84.7 cm³/mol. The highest BCUT2D eigenvalue weighted by atomic mass is 16.5. The van der Waals surface area contributed by atoms with Gasteiger partial charge < -0.3 is 20.1 Å². The van der Waals surface area contributed by atoms with Crippen LogP contribution in [0.25, 0.3) is 0 Å². The molecule has 0 aliphatic carbocycles. The van der Waals surface area contributed by atoms with Crippen LogP contribution in [0.5, 0.6) is 5.88 Å². The zero-order chi connectivity index (χ0) is 15.3. The smallest absolute Gasteiger partial charge is 0.213 e. The Labute approximate surface area is 127 Å². The Bertz CT molecular complexity index is 407. The van der Waals surface area contributed by atoms with Crippen LogP contribution in [0, 0.1) is 0 Å². The van der Waals surface area contributed by atoms with Gasteiger partial charge in [0.2, 0.25) is 5.88 Å². The molecular weight excluding hydrogens is 268 g/mol. The van der Waals surface area contributed by atoms with Gasteiger partial charge in [-0.2, -0.15) is 0 Å². The minimum atomic E-state index is 0.506. The Morgan fingerprint density at radius 3 is 2.71 bits per heavy atom. The van der Waals surface area contributed by atoms with Gasteiger partial charge in [0.25, 0.3) is 0 Å². The molecule has 1 aromatic rings. The van der Waals surface area contributed by atoms with Crippen LogP contribution in [0.4, 0.5) is 0 Å². The molecule has 0 aliphatic heterocycles. The molecule has 6 nitrogen and oxygen atoms in total. The highest BCUT2D eigenvalue weighted by Crippen LogP contribution is 2.08. The van der Waals surface area contributed by atoms with Gasteiger partial charge in [0.1, 0.15) is 6.61 Å². The average Bonchev–Trinajstić information content (AvgIpc) is 2.51. The van der Waals surface area contributed by atoms with Crippen molar-refractivity contribution in [3.05, 3.63) is 23.9 Å². The minimum Gasteiger partial charge on any atom is -0.475 e. The molecular formula is C15H26N4O2. The van der Waals surface area contributed by atoms with Crippen LogP contribution in [0.1, 0.15) is 25.8 Å². The molecule has 0 aromatic carbocycles. The largest absolute Gasteiger partial charge is 0.475 e. The molecule has 118 valence electrons. The third-order valence-electron chi connectivity index (χ3n) is 2.64. The van der Waals surface area contributed by atoms with Crippen LogP contribution in [-0.4, -0.2) is 44.4 Å². The van der Waals surface area contributed by atoms with Gasteiger partial charge >= 0.3 is 0 Å². The monoisotopic (exact) mass is 294 g/mol. The van der Waals surface area contributed by atoms with Crippen molar-refractivity contribution in [2.75, 3.05) is 33.4 Å². The molecule has 0 aliphatic rings. The minimum absolute atomic E-state index is 0.506. The fraction of sp³-hybridized carbons (Fsp3) is 0.600. The van der Waals surface area contributed by atoms with E-state index < -0.39 is 0 Å². The summed E-state index contributed by atoms with van der Waals surface area (Å²) in [5.41, 5.74) is 1.04. The lowest BCUT2D eigenvalue weighted by Crippen LogP contribution is -2.37. The SMILES string of the molecule is CCCNC(=NCc1ccc(OCCOC)nc1)NCC. The molecule has 1 rings (SSSR count). The first-order chi connectivity index (χ1) is 10.3. The van der Waals surface area contributed by atoms with Crippen LogP contribution in [0.3, 0.4) is 0 Å². The molecule has 6 heteroatoms. The number of aliphatic imine (C=N–C) groups is 1. The first-order valence-electron chi connectivity index (χ1n) is 7.39. The van der Waals surface area contributed by atoms with Crippen molar-refractivity contribution in [1.82, 2.24) is 15.6 Å². The molecule has 0 saturated carbocycles. The quantitative estimate of drug-likeness (QED) is 0.411. The molecule has 0 saturated heterocycles. The lowest BCUT2D eigenvalue weighted by molar-refractivity contribution is 0.143. The van der Waals surface area contributed by atoms with Crippen molar-refractivity contribution in [3.63, 3.8) is 0 Å². The average molecular weight is 294 g/mol. The summed E-state index contributed by atoms with van der Waals surface area (Å²) in [6.45, 7) is 7.59. The topological polar surface area (TPSA) is 67.8 Å². The molecule has 0 atom stereocenters. The van der Waals surface area contributed by atoms with Crippen LogP contribution in [0.15, 0.2) is 23.3 Å². The van der Waals surface area contributed by atoms with Crippen molar-refractivity contribution < 1.29 is 9.47 Å². The highest BCUT2D eigenvalue weighted by molar-refractivity contribution is 5.79. The van der Waals surface area contributed by atoms with Crippen LogP contribution in [0.2, 0.25) is 0 Å². The molecule has 0 spiro atoms. The van der Waals surface area contributed by atoms with E-state index in [9.17, 15) is 0 Å². The summed E-state index contributed by atoms with van der Waals surface area (Å²) in [4.78, 5) is 8.77. The van der Waals surface area contributed by atoms with E-state index in [-0.39, 0.29) is 0 Å². The van der Waals surface area contributed by atoms with Crippen molar-refractivity contribution in [2.24, 2.45) is 4.99 Å². The number of methoxy groups -OCH3 is 1. The molecule has 0 bridgehead atoms. The summed E-state index contributed by atoms with van der Waals surface area (Å²) in [5.74, 6) is 1.44. The Morgan fingerprint density at radius 2 is 2.10 bits per heavy atom. The van der Waals surface area contributed by atoms with E-state index in [4.69, 9.17) is 9.47 Å². The number of aromatic nitrogens is 1. The molecule has 0 fully saturated rings. The maximum atomic E-state index is 5.42. The number of pyridine rings is 1. The fourth-order valence-corrected chi connectivity index (χ4v) is 1.57. The molecule has 0 radical (unpaired) electrons. The third-order valence-corrected chi connectivity index (χ3v) is 2.64. The first kappa shape index (κ1) is 17.2. The van der Waals surface area contributed by atoms with Gasteiger partial charge in [0, 0.05) is 32.5 Å². The number of hydrogen-bond acceptors (Lipinski definition) is 4. The van der Waals surface area contributed by atoms with E-state index in [1.807, 2.05) is 12.1 Å². The Hall–Kier alpha value is -1.82. The zero-order valence-corrected chi connectivity index (χ0v) is 13.2. The van der Waals surface area contributed by atoms with Crippen LogP contribution < -0.4 is 15.4 Å². The van der Waals surface area contributed by atoms with E-state index in [0.717, 1.165) is 31.0 Å². The molecule has 0 unspecified atom stereocenters. The lowest BCUT2D eigenvalue weighted by atomic mass is 10.3. The first-order valence-corrected chi connectivity index (χ1v) is 7.39. The molecule has 1 aromatic heterocycles. The maximum absolute atomic E-state index is 5.42. The maximum Gasteiger partial charge on any atom is 0.213 e. The second-order valence-electron chi connectivity index (χ2n) is 4.47. The van der Waals surface area contributed by atoms with Crippen LogP contribution in [-0.2, 0) is 11.3 Å². The number of hydrogen-bond donors (Lipinski definition) is 2. The van der Waals surface area contributed by atoms with Gasteiger partial charge in [0.05, 0.1) is 13.2 Å². The summed E-state index contributed by atoms with van der Waals surface area (Å²) < 4.78 is 10.3. The van der Waals surface area contributed by atoms with Crippen molar-refractivity contribution >= 4 is 5.96 Å². The summed E-state index contributed by atoms with van der Waals surface area (Å²) in [6, 6.07) is 3.83. The number of rotatable bonds is 9. The second kappa shape index (κ2) is 10.9. The van der Waals surface area contributed by atoms with Gasteiger partial charge in [-0.15, -0.1) is 0 Å². The molecule has 2 N–H and O–H groups in total. The normalized spacial score (nSPS) is 11.3. The van der Waals surface area contributed by atoms with Crippen molar-refractivity contribution in [3.8, 4) is 5.88 Å². The van der Waals surface area contributed by atoms with Gasteiger partial charge in [-0.3, -0.25) is 0 Å². The Balaban J connectivity index is 2.48. The number of nitrogens with one attached hydrogen (secondary N) is 2. The van der Waals surface area contributed by atoms with Crippen LogP contribution >= 0.6 is 0 Å². The summed E-state index contributed by atoms with van der Waals surface area (Å²) in [5, 5.41) is 6.48. The second-order valence-corrected chi connectivity index (χ2v) is 4.47. The van der Waals surface area contributed by atoms with E-state index in [1.165, 1.54) is 0 Å². The van der Waals surface area contributed by atoms with E-state index >= 15 is 0 Å². The predicted octanol–water partition coefficient (Wildman–Crippen LogP) is 1.57. The molecule has 1 heterocycles. The Morgan fingerprint density at radius 1 is 1.24 bits per heavy atom.